The van der Waals surface area contributed by atoms with Crippen LogP contribution in [0, 0.1) is 18.6 Å². The van der Waals surface area contributed by atoms with E-state index >= 15 is 4.39 Å². The molecule has 230 valence electrons. The van der Waals surface area contributed by atoms with Gasteiger partial charge in [0.2, 0.25) is 5.88 Å². The first-order chi connectivity index (χ1) is 21.3. The van der Waals surface area contributed by atoms with Crippen molar-refractivity contribution in [2.45, 2.75) is 52.9 Å². The predicted molar refractivity (Wildman–Crippen MR) is 164 cm³/mol. The number of hydrogen-bond acceptors (Lipinski definition) is 6. The number of methoxy groups -OCH3 is 1. The Balaban J connectivity index is 0.00000188. The van der Waals surface area contributed by atoms with Gasteiger partial charge in [-0.1, -0.05) is 37.6 Å². The Labute approximate surface area is 259 Å². The lowest BCUT2D eigenvalue weighted by Crippen LogP contribution is -2.31. The number of ether oxygens (including phenoxy) is 3. The first kappa shape index (κ1) is 31.2. The second kappa shape index (κ2) is 13.6. The van der Waals surface area contributed by atoms with Crippen LogP contribution in [0.25, 0.3) is 16.7 Å². The summed E-state index contributed by atoms with van der Waals surface area (Å²) in [5.74, 6) is -0.379. The van der Waals surface area contributed by atoms with Crippen LogP contribution in [-0.4, -0.2) is 45.1 Å². The number of aryl methyl sites for hydroxylation is 1. The van der Waals surface area contributed by atoms with Crippen molar-refractivity contribution in [3.8, 4) is 11.6 Å². The van der Waals surface area contributed by atoms with Gasteiger partial charge in [0, 0.05) is 41.9 Å². The Morgan fingerprint density at radius 3 is 2.55 bits per heavy atom. The number of fused-ring (bicyclic) bond motifs is 1. The summed E-state index contributed by atoms with van der Waals surface area (Å²) in [6.07, 6.45) is 2.85. The van der Waals surface area contributed by atoms with Crippen LogP contribution in [0.2, 0.25) is 5.02 Å². The zero-order chi connectivity index (χ0) is 31.4. The molecule has 0 N–H and O–H groups in total. The summed E-state index contributed by atoms with van der Waals surface area (Å²) in [5, 5.41) is 4.69. The van der Waals surface area contributed by atoms with Gasteiger partial charge >= 0.3 is 5.97 Å². The lowest BCUT2D eigenvalue weighted by molar-refractivity contribution is -0.0589. The molecule has 5 aromatic rings. The minimum absolute atomic E-state index is 0.0275. The molecule has 1 aliphatic heterocycles. The molecule has 11 heteroatoms. The standard InChI is InChI=1S/C31H27ClF2N4O4.C2H6/c1-18-11-21(13-29-35-26-6-4-19(31(39)40-2)12-28(26)37(29)16-23-8-10-41-23)25(34)15-27(18)38-9-7-30(36-38)42-17-20-3-5-22(32)14-24(20)33;1-2/h3-7,9,11-12,14-15,23H,8,10,13,16-17H2,1-2H3;1-2H3/t23-;/m0./s1. The van der Waals surface area contributed by atoms with E-state index in [1.165, 1.54) is 23.9 Å². The first-order valence-corrected chi connectivity index (χ1v) is 14.8. The van der Waals surface area contributed by atoms with Crippen LogP contribution in [0.1, 0.15) is 53.1 Å². The van der Waals surface area contributed by atoms with Crippen molar-refractivity contribution >= 4 is 28.6 Å². The Bertz CT molecular complexity index is 1800. The SMILES string of the molecule is CC.COC(=O)c1ccc2nc(Cc3cc(C)c(-n4ccc(OCc5ccc(Cl)cc5F)n4)cc3F)n(C[C@@H]3CCO3)c2c1. The Morgan fingerprint density at radius 2 is 1.84 bits per heavy atom. The van der Waals surface area contributed by atoms with E-state index in [0.29, 0.717) is 51.9 Å². The number of nitrogens with zero attached hydrogens (tertiary/aromatic N) is 4. The van der Waals surface area contributed by atoms with Crippen LogP contribution in [0.3, 0.4) is 0 Å². The van der Waals surface area contributed by atoms with Gasteiger partial charge in [0.25, 0.3) is 0 Å². The van der Waals surface area contributed by atoms with E-state index in [1.807, 2.05) is 25.3 Å². The molecule has 1 saturated heterocycles. The van der Waals surface area contributed by atoms with Gasteiger partial charge in [0.1, 0.15) is 24.1 Å². The number of benzene rings is 3. The van der Waals surface area contributed by atoms with Crippen LogP contribution >= 0.6 is 11.6 Å². The van der Waals surface area contributed by atoms with E-state index in [9.17, 15) is 9.18 Å². The summed E-state index contributed by atoms with van der Waals surface area (Å²) < 4.78 is 49.3. The third-order valence-electron chi connectivity index (χ3n) is 7.34. The zero-order valence-electron chi connectivity index (χ0n) is 24.9. The number of carbonyl (C=O) groups is 1. The van der Waals surface area contributed by atoms with Crippen LogP contribution < -0.4 is 4.74 Å². The largest absolute Gasteiger partial charge is 0.472 e. The highest BCUT2D eigenvalue weighted by molar-refractivity contribution is 6.30. The molecule has 0 amide bonds. The highest BCUT2D eigenvalue weighted by Gasteiger charge is 2.23. The monoisotopic (exact) mass is 622 g/mol. The molecular weight excluding hydrogens is 590 g/mol. The zero-order valence-corrected chi connectivity index (χ0v) is 25.7. The highest BCUT2D eigenvalue weighted by Crippen LogP contribution is 2.27. The molecule has 1 aliphatic rings. The molecule has 1 atom stereocenters. The number of rotatable bonds is 9. The summed E-state index contributed by atoms with van der Waals surface area (Å²) >= 11 is 5.81. The lowest BCUT2D eigenvalue weighted by atomic mass is 10.1. The summed E-state index contributed by atoms with van der Waals surface area (Å²) in [6.45, 7) is 7.09. The number of hydrogen-bond donors (Lipinski definition) is 0. The molecule has 0 bridgehead atoms. The summed E-state index contributed by atoms with van der Waals surface area (Å²) in [6, 6.07) is 14.4. The van der Waals surface area contributed by atoms with E-state index in [1.54, 1.807) is 48.7 Å². The Morgan fingerprint density at radius 1 is 1.07 bits per heavy atom. The number of halogens is 3. The van der Waals surface area contributed by atoms with Crippen molar-refractivity contribution in [2.75, 3.05) is 13.7 Å². The third-order valence-corrected chi connectivity index (χ3v) is 7.58. The van der Waals surface area contributed by atoms with Crippen molar-refractivity contribution in [2.24, 2.45) is 0 Å². The summed E-state index contributed by atoms with van der Waals surface area (Å²) in [4.78, 5) is 16.9. The van der Waals surface area contributed by atoms with E-state index in [2.05, 4.69) is 5.10 Å². The molecule has 1 fully saturated rings. The minimum atomic E-state index is -0.465. The lowest BCUT2D eigenvalue weighted by Gasteiger charge is -2.27. The van der Waals surface area contributed by atoms with Crippen LogP contribution in [0.4, 0.5) is 8.78 Å². The van der Waals surface area contributed by atoms with Crippen LogP contribution in [0.5, 0.6) is 5.88 Å². The molecule has 44 heavy (non-hydrogen) atoms. The van der Waals surface area contributed by atoms with Gasteiger partial charge in [-0.05, 0) is 54.8 Å². The predicted octanol–water partition coefficient (Wildman–Crippen LogP) is 7.23. The van der Waals surface area contributed by atoms with Gasteiger partial charge in [0.15, 0.2) is 0 Å². The van der Waals surface area contributed by atoms with Crippen LogP contribution in [-0.2, 0) is 29.0 Å². The Hall–Kier alpha value is -4.28. The highest BCUT2D eigenvalue weighted by atomic mass is 35.5. The molecule has 0 spiro atoms. The second-order valence-electron chi connectivity index (χ2n) is 10.1. The molecule has 0 radical (unpaired) electrons. The average Bonchev–Trinajstić information content (AvgIpc) is 3.60. The smallest absolute Gasteiger partial charge is 0.337 e. The molecule has 6 rings (SSSR count). The number of esters is 1. The summed E-state index contributed by atoms with van der Waals surface area (Å²) in [7, 11) is 1.34. The van der Waals surface area contributed by atoms with Crippen molar-refractivity contribution < 1.29 is 27.8 Å². The molecule has 0 unspecified atom stereocenters. The first-order valence-electron chi connectivity index (χ1n) is 14.4. The maximum Gasteiger partial charge on any atom is 0.337 e. The quantitative estimate of drug-likeness (QED) is 0.161. The molecule has 2 aromatic heterocycles. The fourth-order valence-corrected chi connectivity index (χ4v) is 5.14. The van der Waals surface area contributed by atoms with E-state index in [4.69, 9.17) is 30.8 Å². The fourth-order valence-electron chi connectivity index (χ4n) is 4.98. The van der Waals surface area contributed by atoms with Gasteiger partial charge < -0.3 is 18.8 Å². The second-order valence-corrected chi connectivity index (χ2v) is 10.6. The minimum Gasteiger partial charge on any atom is -0.472 e. The van der Waals surface area contributed by atoms with Crippen molar-refractivity contribution in [3.05, 3.63) is 106 Å². The molecule has 3 heterocycles. The van der Waals surface area contributed by atoms with Crippen molar-refractivity contribution in [1.29, 1.82) is 0 Å². The van der Waals surface area contributed by atoms with E-state index in [-0.39, 0.29) is 25.0 Å². The molecule has 0 aliphatic carbocycles. The fraction of sp³-hybridized carbons (Fsp3) is 0.303. The Kier molecular flexibility index (Phi) is 9.61. The van der Waals surface area contributed by atoms with Gasteiger partial charge in [0.05, 0.1) is 42.0 Å². The van der Waals surface area contributed by atoms with E-state index in [0.717, 1.165) is 17.5 Å². The normalized spacial score (nSPS) is 14.1. The maximum atomic E-state index is 15.5. The van der Waals surface area contributed by atoms with Gasteiger partial charge in [-0.3, -0.25) is 0 Å². The topological polar surface area (TPSA) is 80.4 Å². The molecule has 0 saturated carbocycles. The molecule has 3 aromatic carbocycles. The van der Waals surface area contributed by atoms with Crippen molar-refractivity contribution in [3.63, 3.8) is 0 Å². The van der Waals surface area contributed by atoms with Gasteiger partial charge in [-0.15, -0.1) is 5.10 Å². The van der Waals surface area contributed by atoms with E-state index < -0.39 is 17.6 Å². The number of imidazole rings is 1. The van der Waals surface area contributed by atoms with Gasteiger partial charge in [-0.2, -0.15) is 0 Å². The third kappa shape index (κ3) is 6.61. The number of aromatic nitrogens is 4. The molecular formula is C33H33ClF2N4O4. The van der Waals surface area contributed by atoms with Crippen molar-refractivity contribution in [1.82, 2.24) is 19.3 Å². The molecule has 8 nitrogen and oxygen atoms in total. The average molecular weight is 623 g/mol. The number of carbonyl (C=O) groups excluding carboxylic acids is 1. The van der Waals surface area contributed by atoms with Crippen LogP contribution in [0.15, 0.2) is 60.8 Å². The van der Waals surface area contributed by atoms with Gasteiger partial charge in [-0.25, -0.2) is 23.2 Å². The maximum absolute atomic E-state index is 15.5. The summed E-state index contributed by atoms with van der Waals surface area (Å²) in [5.41, 5.74) is 4.03.